The highest BCUT2D eigenvalue weighted by atomic mass is 19.1. The molecule has 3 heterocycles. The van der Waals surface area contributed by atoms with Gasteiger partial charge in [-0.15, -0.1) is 0 Å². The lowest BCUT2D eigenvalue weighted by Crippen LogP contribution is -2.47. The van der Waals surface area contributed by atoms with Crippen LogP contribution < -0.4 is 20.7 Å². The van der Waals surface area contributed by atoms with Crippen LogP contribution in [0.2, 0.25) is 0 Å². The van der Waals surface area contributed by atoms with Gasteiger partial charge in [-0.2, -0.15) is 0 Å². The van der Waals surface area contributed by atoms with Gasteiger partial charge < -0.3 is 20.1 Å². The summed E-state index contributed by atoms with van der Waals surface area (Å²) in [5, 5.41) is 2.61. The number of nitrogens with one attached hydrogen (secondary N) is 2. The van der Waals surface area contributed by atoms with Crippen molar-refractivity contribution in [3.8, 4) is 0 Å². The van der Waals surface area contributed by atoms with Crippen molar-refractivity contribution < 1.29 is 9.18 Å². The monoisotopic (exact) mass is 410 g/mol. The van der Waals surface area contributed by atoms with Crippen molar-refractivity contribution in [1.82, 2.24) is 20.3 Å². The Hall–Kier alpha value is -3.49. The molecule has 0 atom stereocenters. The zero-order valence-corrected chi connectivity index (χ0v) is 16.9. The van der Waals surface area contributed by atoms with Crippen molar-refractivity contribution in [3.63, 3.8) is 0 Å². The number of piperazine rings is 1. The number of amides is 1. The number of carbonyl (C=O) groups is 1. The number of nitrogens with zero attached hydrogens (tertiary/aromatic N) is 4. The van der Waals surface area contributed by atoms with E-state index in [1.54, 1.807) is 31.4 Å². The quantitative estimate of drug-likeness (QED) is 0.680. The van der Waals surface area contributed by atoms with E-state index in [9.17, 15) is 9.59 Å². The Morgan fingerprint density at radius 2 is 1.87 bits per heavy atom. The summed E-state index contributed by atoms with van der Waals surface area (Å²) in [5.74, 6) is -0.711. The molecule has 2 N–H and O–H groups in total. The van der Waals surface area contributed by atoms with Gasteiger partial charge in [0.2, 0.25) is 0 Å². The van der Waals surface area contributed by atoms with Crippen molar-refractivity contribution in [1.29, 1.82) is 0 Å². The van der Waals surface area contributed by atoms with E-state index in [4.69, 9.17) is 0 Å². The minimum absolute atomic E-state index is 0.131. The number of pyridine rings is 1. The third-order valence-electron chi connectivity index (χ3n) is 5.38. The van der Waals surface area contributed by atoms with Gasteiger partial charge in [-0.25, -0.2) is 14.4 Å². The fraction of sp³-hybridized carbons (Fsp3) is 0.333. The van der Waals surface area contributed by atoms with Gasteiger partial charge in [0, 0.05) is 39.4 Å². The minimum Gasteiger partial charge on any atom is -0.366 e. The first kappa shape index (κ1) is 19.8. The number of hydrogen-bond acceptors (Lipinski definition) is 6. The van der Waals surface area contributed by atoms with Gasteiger partial charge >= 0.3 is 0 Å². The van der Waals surface area contributed by atoms with Gasteiger partial charge in [-0.05, 0) is 30.7 Å². The number of benzene rings is 1. The maximum atomic E-state index is 15.2. The number of aromatic amines is 1. The topological polar surface area (TPSA) is 94.2 Å². The van der Waals surface area contributed by atoms with Gasteiger partial charge in [0.25, 0.3) is 11.5 Å². The second-order valence-electron chi connectivity index (χ2n) is 7.08. The highest BCUT2D eigenvalue weighted by molar-refractivity contribution is 5.97. The third-order valence-corrected chi connectivity index (χ3v) is 5.38. The summed E-state index contributed by atoms with van der Waals surface area (Å²) < 4.78 is 15.2. The molecule has 1 aliphatic heterocycles. The van der Waals surface area contributed by atoms with Gasteiger partial charge in [-0.1, -0.05) is 6.92 Å². The lowest BCUT2D eigenvalue weighted by Gasteiger charge is -2.37. The number of H-pyrrole nitrogens is 1. The second-order valence-corrected chi connectivity index (χ2v) is 7.08. The van der Waals surface area contributed by atoms with Crippen molar-refractivity contribution in [2.24, 2.45) is 0 Å². The second kappa shape index (κ2) is 8.10. The number of hydrogen-bond donors (Lipinski definition) is 2. The molecular formula is C21H23FN6O2. The fourth-order valence-electron chi connectivity index (χ4n) is 3.77. The SMILES string of the molecule is CCc1nc2ccc(N3CCN(c4cccnc4C(=O)NC)CC3)c(F)c2[nH]c1=O. The molecule has 1 amide bonds. The maximum absolute atomic E-state index is 15.2. The summed E-state index contributed by atoms with van der Waals surface area (Å²) >= 11 is 0. The molecule has 1 aromatic carbocycles. The zero-order chi connectivity index (χ0) is 21.3. The molecular weight excluding hydrogens is 387 g/mol. The maximum Gasteiger partial charge on any atom is 0.271 e. The fourth-order valence-corrected chi connectivity index (χ4v) is 3.77. The average Bonchev–Trinajstić information content (AvgIpc) is 2.79. The smallest absolute Gasteiger partial charge is 0.271 e. The Morgan fingerprint density at radius 3 is 2.53 bits per heavy atom. The van der Waals surface area contributed by atoms with Gasteiger partial charge in [-0.3, -0.25) is 9.59 Å². The molecule has 0 radical (unpaired) electrons. The molecule has 8 nitrogen and oxygen atoms in total. The standard InChI is InChI=1S/C21H23FN6O2/c1-3-13-20(29)26-18-14(25-13)6-7-15(17(18)22)27-9-11-28(12-10-27)16-5-4-8-24-19(16)21(30)23-2/h4-8H,3,9-12H2,1-2H3,(H,23,30)(H,26,29). The first-order valence-electron chi connectivity index (χ1n) is 9.92. The summed E-state index contributed by atoms with van der Waals surface area (Å²) in [6, 6.07) is 7.11. The van der Waals surface area contributed by atoms with Crippen molar-refractivity contribution >= 4 is 28.3 Å². The summed E-state index contributed by atoms with van der Waals surface area (Å²) in [7, 11) is 1.57. The van der Waals surface area contributed by atoms with E-state index in [1.807, 2.05) is 17.9 Å². The van der Waals surface area contributed by atoms with Gasteiger partial charge in [0.15, 0.2) is 11.5 Å². The predicted octanol–water partition coefficient (Wildman–Crippen LogP) is 1.71. The molecule has 9 heteroatoms. The van der Waals surface area contributed by atoms with Crippen LogP contribution in [0.5, 0.6) is 0 Å². The number of fused-ring (bicyclic) bond motifs is 1. The van der Waals surface area contributed by atoms with Crippen molar-refractivity contribution in [2.45, 2.75) is 13.3 Å². The largest absolute Gasteiger partial charge is 0.366 e. The van der Waals surface area contributed by atoms with Crippen molar-refractivity contribution in [2.75, 3.05) is 43.0 Å². The van der Waals surface area contributed by atoms with E-state index in [2.05, 4.69) is 25.2 Å². The first-order valence-corrected chi connectivity index (χ1v) is 9.92. The van der Waals surface area contributed by atoms with Crippen LogP contribution in [0.4, 0.5) is 15.8 Å². The molecule has 1 saturated heterocycles. The molecule has 0 aliphatic carbocycles. The molecule has 0 unspecified atom stereocenters. The molecule has 0 spiro atoms. The van der Waals surface area contributed by atoms with E-state index in [-0.39, 0.29) is 17.0 Å². The Labute approximate surface area is 172 Å². The zero-order valence-electron chi connectivity index (χ0n) is 16.9. The van der Waals surface area contributed by atoms with E-state index in [1.165, 1.54) is 0 Å². The Bertz CT molecular complexity index is 1150. The molecule has 0 bridgehead atoms. The molecule has 3 aromatic rings. The Balaban J connectivity index is 1.58. The molecule has 156 valence electrons. The van der Waals surface area contributed by atoms with Crippen LogP contribution in [0, 0.1) is 5.82 Å². The number of anilines is 2. The summed E-state index contributed by atoms with van der Waals surface area (Å²) in [4.78, 5) is 39.3. The summed E-state index contributed by atoms with van der Waals surface area (Å²) in [5.41, 5.74) is 2.18. The highest BCUT2D eigenvalue weighted by Gasteiger charge is 2.24. The van der Waals surface area contributed by atoms with Crippen LogP contribution in [-0.4, -0.2) is 54.1 Å². The highest BCUT2D eigenvalue weighted by Crippen LogP contribution is 2.27. The van der Waals surface area contributed by atoms with Crippen LogP contribution in [0.3, 0.4) is 0 Å². The van der Waals surface area contributed by atoms with Crippen LogP contribution in [0.1, 0.15) is 23.1 Å². The molecule has 2 aromatic heterocycles. The number of aryl methyl sites for hydroxylation is 1. The predicted molar refractivity (Wildman–Crippen MR) is 114 cm³/mol. The average molecular weight is 410 g/mol. The number of carbonyl (C=O) groups excluding carboxylic acids is 1. The third kappa shape index (κ3) is 3.47. The minimum atomic E-state index is -0.472. The first-order chi connectivity index (χ1) is 14.5. The van der Waals surface area contributed by atoms with Crippen LogP contribution in [0.25, 0.3) is 11.0 Å². The van der Waals surface area contributed by atoms with E-state index in [0.29, 0.717) is 55.2 Å². The number of halogens is 1. The van der Waals surface area contributed by atoms with Crippen molar-refractivity contribution in [3.05, 3.63) is 58.0 Å². The number of rotatable bonds is 4. The molecule has 1 fully saturated rings. The Kier molecular flexibility index (Phi) is 5.35. The Morgan fingerprint density at radius 1 is 1.17 bits per heavy atom. The summed E-state index contributed by atoms with van der Waals surface area (Å²) in [6.45, 7) is 4.18. The summed E-state index contributed by atoms with van der Waals surface area (Å²) in [6.07, 6.45) is 2.08. The number of aromatic nitrogens is 3. The lowest BCUT2D eigenvalue weighted by atomic mass is 10.1. The lowest BCUT2D eigenvalue weighted by molar-refractivity contribution is 0.0958. The normalized spacial score (nSPS) is 14.2. The molecule has 30 heavy (non-hydrogen) atoms. The van der Waals surface area contributed by atoms with E-state index >= 15 is 4.39 Å². The van der Waals surface area contributed by atoms with Crippen LogP contribution in [-0.2, 0) is 6.42 Å². The van der Waals surface area contributed by atoms with Crippen LogP contribution >= 0.6 is 0 Å². The van der Waals surface area contributed by atoms with Gasteiger partial charge in [0.05, 0.1) is 16.9 Å². The van der Waals surface area contributed by atoms with E-state index in [0.717, 1.165) is 5.69 Å². The van der Waals surface area contributed by atoms with E-state index < -0.39 is 5.82 Å². The molecule has 0 saturated carbocycles. The molecule has 1 aliphatic rings. The van der Waals surface area contributed by atoms with Gasteiger partial charge in [0.1, 0.15) is 11.2 Å². The molecule has 4 rings (SSSR count). The van der Waals surface area contributed by atoms with Crippen LogP contribution in [0.15, 0.2) is 35.3 Å².